The molecule has 1 aliphatic rings. The summed E-state index contributed by atoms with van der Waals surface area (Å²) in [5.41, 5.74) is 2.17. The van der Waals surface area contributed by atoms with Crippen molar-refractivity contribution in [2.45, 2.75) is 12.5 Å². The smallest absolute Gasteiger partial charge is 0.272 e. The van der Waals surface area contributed by atoms with Crippen LogP contribution in [0.2, 0.25) is 0 Å². The van der Waals surface area contributed by atoms with E-state index in [2.05, 4.69) is 25.3 Å². The molecule has 1 amide bonds. The Balaban J connectivity index is 1.27. The van der Waals surface area contributed by atoms with Crippen molar-refractivity contribution in [1.29, 1.82) is 0 Å². The number of fused-ring (bicyclic) bond motifs is 1. The summed E-state index contributed by atoms with van der Waals surface area (Å²) in [7, 11) is 0. The summed E-state index contributed by atoms with van der Waals surface area (Å²) in [6.07, 6.45) is 9.97. The molecule has 0 spiro atoms. The van der Waals surface area contributed by atoms with Crippen LogP contribution in [0, 0.1) is 0 Å². The number of aromatic nitrogens is 5. The van der Waals surface area contributed by atoms with Gasteiger partial charge in [0.25, 0.3) is 5.91 Å². The highest BCUT2D eigenvalue weighted by atomic mass is 16.2. The fraction of sp³-hybridized carbons (Fsp3) is 0.200. The lowest BCUT2D eigenvalue weighted by Gasteiger charge is -2.18. The lowest BCUT2D eigenvalue weighted by atomic mass is 10.2. The Morgan fingerprint density at radius 1 is 1.04 bits per heavy atom. The first-order valence-electron chi connectivity index (χ1n) is 9.22. The van der Waals surface area contributed by atoms with Crippen LogP contribution in [0.15, 0.2) is 67.4 Å². The molecular formula is C20H19N7O. The molecule has 140 valence electrons. The highest BCUT2D eigenvalue weighted by Crippen LogP contribution is 2.22. The van der Waals surface area contributed by atoms with Crippen molar-refractivity contribution in [3.8, 4) is 5.69 Å². The van der Waals surface area contributed by atoms with Gasteiger partial charge in [0.1, 0.15) is 0 Å². The third-order valence-electron chi connectivity index (χ3n) is 4.96. The Bertz CT molecular complexity index is 1120. The molecule has 1 atom stereocenters. The van der Waals surface area contributed by atoms with Crippen LogP contribution in [0.25, 0.3) is 11.3 Å². The number of nitrogens with zero attached hydrogens (tertiary/aromatic N) is 6. The molecule has 1 saturated heterocycles. The minimum atomic E-state index is -0.159. The van der Waals surface area contributed by atoms with Gasteiger partial charge in [-0.1, -0.05) is 18.2 Å². The van der Waals surface area contributed by atoms with E-state index in [1.165, 1.54) is 0 Å². The van der Waals surface area contributed by atoms with Gasteiger partial charge in [-0.05, 0) is 24.6 Å². The molecule has 1 fully saturated rings. The molecule has 0 unspecified atom stereocenters. The van der Waals surface area contributed by atoms with Crippen LogP contribution >= 0.6 is 0 Å². The summed E-state index contributed by atoms with van der Waals surface area (Å²) < 4.78 is 3.66. The van der Waals surface area contributed by atoms with E-state index in [0.29, 0.717) is 12.2 Å². The third-order valence-corrected chi connectivity index (χ3v) is 4.96. The van der Waals surface area contributed by atoms with Gasteiger partial charge in [-0.25, -0.2) is 14.6 Å². The van der Waals surface area contributed by atoms with Crippen molar-refractivity contribution < 1.29 is 4.79 Å². The SMILES string of the molecule is O=C(N[C@H]1CCN(c2nccn3ccnc23)C1)c1ccn(-c2ccccc2)n1. The van der Waals surface area contributed by atoms with E-state index in [9.17, 15) is 4.79 Å². The van der Waals surface area contributed by atoms with Gasteiger partial charge >= 0.3 is 0 Å². The van der Waals surface area contributed by atoms with E-state index in [0.717, 1.165) is 30.1 Å². The maximum Gasteiger partial charge on any atom is 0.272 e. The molecule has 0 radical (unpaired) electrons. The monoisotopic (exact) mass is 373 g/mol. The molecule has 3 aromatic heterocycles. The average Bonchev–Trinajstić information content (AvgIpc) is 3.48. The molecule has 4 aromatic rings. The van der Waals surface area contributed by atoms with Gasteiger partial charge in [-0.3, -0.25) is 4.79 Å². The maximum atomic E-state index is 12.6. The fourth-order valence-electron chi connectivity index (χ4n) is 3.56. The Morgan fingerprint density at radius 3 is 2.71 bits per heavy atom. The van der Waals surface area contributed by atoms with E-state index in [1.807, 2.05) is 47.1 Å². The largest absolute Gasteiger partial charge is 0.351 e. The number of hydrogen-bond donors (Lipinski definition) is 1. The Hall–Kier alpha value is -3.68. The first kappa shape index (κ1) is 16.5. The number of carbonyl (C=O) groups is 1. The number of rotatable bonds is 4. The number of imidazole rings is 1. The predicted octanol–water partition coefficient (Wildman–Crippen LogP) is 1.92. The zero-order valence-corrected chi connectivity index (χ0v) is 15.1. The molecule has 1 N–H and O–H groups in total. The molecule has 1 aromatic carbocycles. The highest BCUT2D eigenvalue weighted by Gasteiger charge is 2.27. The molecular weight excluding hydrogens is 354 g/mol. The lowest BCUT2D eigenvalue weighted by molar-refractivity contribution is 0.0935. The van der Waals surface area contributed by atoms with Crippen molar-refractivity contribution in [1.82, 2.24) is 29.5 Å². The Kier molecular flexibility index (Phi) is 4.01. The second kappa shape index (κ2) is 6.80. The molecule has 5 rings (SSSR count). The molecule has 4 heterocycles. The number of carbonyl (C=O) groups excluding carboxylic acids is 1. The number of para-hydroxylation sites is 1. The molecule has 0 bridgehead atoms. The Labute approximate surface area is 161 Å². The standard InChI is InChI=1S/C20H19N7O/c28-20(17-7-11-27(24-17)16-4-2-1-3-5-16)23-15-6-10-26(14-15)19-18-21-8-12-25(18)13-9-22-19/h1-5,7-9,11-13,15H,6,10,14H2,(H,23,28)/t15-/m0/s1. The van der Waals surface area contributed by atoms with E-state index in [4.69, 9.17) is 0 Å². The van der Waals surface area contributed by atoms with Gasteiger partial charge in [0.15, 0.2) is 17.2 Å². The van der Waals surface area contributed by atoms with Crippen LogP contribution in [-0.2, 0) is 0 Å². The average molecular weight is 373 g/mol. The zero-order chi connectivity index (χ0) is 18.9. The van der Waals surface area contributed by atoms with E-state index in [1.54, 1.807) is 29.3 Å². The maximum absolute atomic E-state index is 12.6. The van der Waals surface area contributed by atoms with Crippen molar-refractivity contribution in [2.24, 2.45) is 0 Å². The third kappa shape index (κ3) is 2.98. The first-order valence-corrected chi connectivity index (χ1v) is 9.22. The second-order valence-corrected chi connectivity index (χ2v) is 6.80. The van der Waals surface area contributed by atoms with Crippen molar-refractivity contribution in [3.05, 3.63) is 73.1 Å². The molecule has 8 heteroatoms. The normalized spacial score (nSPS) is 16.6. The lowest BCUT2D eigenvalue weighted by Crippen LogP contribution is -2.37. The van der Waals surface area contributed by atoms with E-state index >= 15 is 0 Å². The number of amides is 1. The van der Waals surface area contributed by atoms with Gasteiger partial charge in [-0.2, -0.15) is 5.10 Å². The summed E-state index contributed by atoms with van der Waals surface area (Å²) in [5, 5.41) is 7.49. The van der Waals surface area contributed by atoms with Gasteiger partial charge < -0.3 is 14.6 Å². The van der Waals surface area contributed by atoms with Crippen LogP contribution in [0.1, 0.15) is 16.9 Å². The van der Waals surface area contributed by atoms with E-state index < -0.39 is 0 Å². The van der Waals surface area contributed by atoms with Crippen LogP contribution in [0.3, 0.4) is 0 Å². The molecule has 1 aliphatic heterocycles. The number of benzene rings is 1. The van der Waals surface area contributed by atoms with E-state index in [-0.39, 0.29) is 11.9 Å². The summed E-state index contributed by atoms with van der Waals surface area (Å²) in [4.78, 5) is 23.7. The predicted molar refractivity (Wildman–Crippen MR) is 105 cm³/mol. The van der Waals surface area contributed by atoms with Gasteiger partial charge in [0.05, 0.1) is 5.69 Å². The topological polar surface area (TPSA) is 80.4 Å². The minimum Gasteiger partial charge on any atom is -0.351 e. The number of anilines is 1. The van der Waals surface area contributed by atoms with Gasteiger partial charge in [-0.15, -0.1) is 0 Å². The van der Waals surface area contributed by atoms with Crippen molar-refractivity contribution in [3.63, 3.8) is 0 Å². The summed E-state index contributed by atoms with van der Waals surface area (Å²) in [5.74, 6) is 0.686. The van der Waals surface area contributed by atoms with Crippen LogP contribution in [0.5, 0.6) is 0 Å². The molecule has 0 saturated carbocycles. The fourth-order valence-corrected chi connectivity index (χ4v) is 3.56. The van der Waals surface area contributed by atoms with Crippen LogP contribution in [0.4, 0.5) is 5.82 Å². The van der Waals surface area contributed by atoms with Crippen molar-refractivity contribution in [2.75, 3.05) is 18.0 Å². The number of hydrogen-bond acceptors (Lipinski definition) is 5. The summed E-state index contributed by atoms with van der Waals surface area (Å²) in [6, 6.07) is 11.5. The highest BCUT2D eigenvalue weighted by molar-refractivity contribution is 5.92. The molecule has 0 aliphatic carbocycles. The summed E-state index contributed by atoms with van der Waals surface area (Å²) in [6.45, 7) is 1.52. The van der Waals surface area contributed by atoms with Crippen LogP contribution < -0.4 is 10.2 Å². The van der Waals surface area contributed by atoms with Crippen molar-refractivity contribution >= 4 is 17.4 Å². The zero-order valence-electron chi connectivity index (χ0n) is 15.1. The summed E-state index contributed by atoms with van der Waals surface area (Å²) >= 11 is 0. The second-order valence-electron chi connectivity index (χ2n) is 6.80. The van der Waals surface area contributed by atoms with Gasteiger partial charge in [0, 0.05) is 50.1 Å². The first-order chi connectivity index (χ1) is 13.8. The molecule has 8 nitrogen and oxygen atoms in total. The minimum absolute atomic E-state index is 0.0476. The van der Waals surface area contributed by atoms with Gasteiger partial charge in [0.2, 0.25) is 0 Å². The molecule has 28 heavy (non-hydrogen) atoms. The van der Waals surface area contributed by atoms with Crippen LogP contribution in [-0.4, -0.2) is 49.2 Å². The number of nitrogens with one attached hydrogen (secondary N) is 1. The Morgan fingerprint density at radius 2 is 1.86 bits per heavy atom. The quantitative estimate of drug-likeness (QED) is 0.591.